The van der Waals surface area contributed by atoms with Crippen LogP contribution in [0.4, 0.5) is 4.79 Å². The van der Waals surface area contributed by atoms with Gasteiger partial charge in [-0.25, -0.2) is 4.79 Å². The van der Waals surface area contributed by atoms with Crippen LogP contribution in [0.25, 0.3) is 0 Å². The Morgan fingerprint density at radius 1 is 1.38 bits per heavy atom. The average molecular weight is 296 g/mol. The Balaban J connectivity index is 1.49. The number of carboxylic acids is 1. The van der Waals surface area contributed by atoms with Gasteiger partial charge in [0.05, 0.1) is 5.41 Å². The number of ether oxygens (including phenoxy) is 1. The summed E-state index contributed by atoms with van der Waals surface area (Å²) in [5, 5.41) is 12.5. The number of carbonyl (C=O) groups excluding carboxylic acids is 1. The molecule has 0 bridgehead atoms. The Morgan fingerprint density at radius 3 is 2.90 bits per heavy atom. The van der Waals surface area contributed by atoms with Crippen LogP contribution < -0.4 is 5.32 Å². The first-order chi connectivity index (χ1) is 10.1. The minimum atomic E-state index is -0.733. The van der Waals surface area contributed by atoms with Crippen molar-refractivity contribution in [2.24, 2.45) is 17.3 Å². The van der Waals surface area contributed by atoms with E-state index in [9.17, 15) is 14.7 Å². The summed E-state index contributed by atoms with van der Waals surface area (Å²) in [6.45, 7) is 3.22. The second-order valence-electron chi connectivity index (χ2n) is 6.68. The summed E-state index contributed by atoms with van der Waals surface area (Å²) < 4.78 is 5.32. The molecule has 0 aromatic carbocycles. The summed E-state index contributed by atoms with van der Waals surface area (Å²) in [6, 6.07) is -0.107. The summed E-state index contributed by atoms with van der Waals surface area (Å²) in [5.74, 6) is -0.0546. The normalized spacial score (nSPS) is 35.0. The number of hydrogen-bond acceptors (Lipinski definition) is 3. The van der Waals surface area contributed by atoms with E-state index in [1.165, 1.54) is 0 Å². The van der Waals surface area contributed by atoms with Gasteiger partial charge in [0.2, 0.25) is 0 Å². The molecule has 21 heavy (non-hydrogen) atoms. The van der Waals surface area contributed by atoms with Crippen LogP contribution in [-0.4, -0.2) is 54.9 Å². The third-order valence-electron chi connectivity index (χ3n) is 5.44. The topological polar surface area (TPSA) is 78.9 Å². The first kappa shape index (κ1) is 14.6. The van der Waals surface area contributed by atoms with Gasteiger partial charge >= 0.3 is 12.0 Å². The first-order valence-electron chi connectivity index (χ1n) is 7.96. The van der Waals surface area contributed by atoms with Gasteiger partial charge < -0.3 is 20.1 Å². The quantitative estimate of drug-likeness (QED) is 0.820. The lowest BCUT2D eigenvalue weighted by Gasteiger charge is -2.23. The van der Waals surface area contributed by atoms with E-state index < -0.39 is 11.4 Å². The van der Waals surface area contributed by atoms with Crippen molar-refractivity contribution in [1.82, 2.24) is 10.2 Å². The molecule has 118 valence electrons. The number of nitrogens with one attached hydrogen (secondary N) is 1. The van der Waals surface area contributed by atoms with E-state index in [4.69, 9.17) is 4.74 Å². The summed E-state index contributed by atoms with van der Waals surface area (Å²) in [6.07, 6.45) is 4.61. The molecule has 3 rings (SSSR count). The molecular weight excluding hydrogens is 272 g/mol. The number of rotatable bonds is 4. The van der Waals surface area contributed by atoms with Gasteiger partial charge in [0.25, 0.3) is 0 Å². The fourth-order valence-corrected chi connectivity index (χ4v) is 4.10. The average Bonchev–Trinajstić information content (AvgIpc) is 3.13. The number of hydrogen-bond donors (Lipinski definition) is 2. The molecule has 1 saturated carbocycles. The van der Waals surface area contributed by atoms with Crippen LogP contribution in [0.5, 0.6) is 0 Å². The Labute approximate surface area is 124 Å². The fourth-order valence-electron chi connectivity index (χ4n) is 4.10. The summed E-state index contributed by atoms with van der Waals surface area (Å²) >= 11 is 0. The lowest BCUT2D eigenvalue weighted by atomic mass is 9.81. The van der Waals surface area contributed by atoms with E-state index in [1.54, 1.807) is 4.90 Å². The highest BCUT2D eigenvalue weighted by atomic mass is 16.5. The van der Waals surface area contributed by atoms with Crippen LogP contribution in [0, 0.1) is 17.3 Å². The molecule has 6 nitrogen and oxygen atoms in total. The fraction of sp³-hybridized carbons (Fsp3) is 0.867. The lowest BCUT2D eigenvalue weighted by Crippen LogP contribution is -2.42. The minimum Gasteiger partial charge on any atom is -0.481 e. The van der Waals surface area contributed by atoms with Gasteiger partial charge in [0.15, 0.2) is 0 Å². The third kappa shape index (κ3) is 2.73. The van der Waals surface area contributed by atoms with Gasteiger partial charge in [-0.1, -0.05) is 6.42 Å². The SMILES string of the molecule is O=C(NCCC1CCOC1)N1C[C@@H]2CCC[C@@]2(C(=O)O)C1. The predicted molar refractivity (Wildman–Crippen MR) is 75.9 cm³/mol. The number of aliphatic carboxylic acids is 1. The van der Waals surface area contributed by atoms with Crippen molar-refractivity contribution in [1.29, 1.82) is 0 Å². The van der Waals surface area contributed by atoms with Gasteiger partial charge in [0, 0.05) is 32.8 Å². The number of fused-ring (bicyclic) bond motifs is 1. The zero-order valence-corrected chi connectivity index (χ0v) is 12.3. The number of carboxylic acid groups (broad SMARTS) is 1. The number of amides is 2. The molecule has 2 saturated heterocycles. The molecule has 6 heteroatoms. The van der Waals surface area contributed by atoms with Crippen molar-refractivity contribution in [3.05, 3.63) is 0 Å². The second-order valence-corrected chi connectivity index (χ2v) is 6.68. The second kappa shape index (κ2) is 5.83. The van der Waals surface area contributed by atoms with Crippen LogP contribution >= 0.6 is 0 Å². The van der Waals surface area contributed by atoms with Crippen molar-refractivity contribution in [3.63, 3.8) is 0 Å². The minimum absolute atomic E-state index is 0.107. The third-order valence-corrected chi connectivity index (χ3v) is 5.44. The predicted octanol–water partition coefficient (Wildman–Crippen LogP) is 1.31. The lowest BCUT2D eigenvalue weighted by molar-refractivity contribution is -0.149. The summed E-state index contributed by atoms with van der Waals surface area (Å²) in [7, 11) is 0. The van der Waals surface area contributed by atoms with Gasteiger partial charge in [-0.3, -0.25) is 4.79 Å². The van der Waals surface area contributed by atoms with Crippen LogP contribution in [-0.2, 0) is 9.53 Å². The molecule has 0 aromatic rings. The molecule has 2 heterocycles. The maximum Gasteiger partial charge on any atom is 0.317 e. The van der Waals surface area contributed by atoms with E-state index in [2.05, 4.69) is 5.32 Å². The molecule has 1 unspecified atom stereocenters. The number of likely N-dealkylation sites (tertiary alicyclic amines) is 1. The molecular formula is C15H24N2O4. The van der Waals surface area contributed by atoms with Crippen LogP contribution in [0.3, 0.4) is 0 Å². The smallest absolute Gasteiger partial charge is 0.317 e. The van der Waals surface area contributed by atoms with E-state index in [0.717, 1.165) is 38.9 Å². The van der Waals surface area contributed by atoms with Crippen molar-refractivity contribution in [3.8, 4) is 0 Å². The number of carbonyl (C=O) groups is 2. The highest BCUT2D eigenvalue weighted by molar-refractivity contribution is 5.80. The molecule has 0 aromatic heterocycles. The Bertz CT molecular complexity index is 422. The molecule has 0 spiro atoms. The monoisotopic (exact) mass is 296 g/mol. The molecule has 2 amide bonds. The Morgan fingerprint density at radius 2 is 2.24 bits per heavy atom. The molecule has 2 aliphatic heterocycles. The molecule has 2 N–H and O–H groups in total. The van der Waals surface area contributed by atoms with Gasteiger partial charge in [-0.15, -0.1) is 0 Å². The van der Waals surface area contributed by atoms with E-state index in [-0.39, 0.29) is 11.9 Å². The maximum atomic E-state index is 12.2. The van der Waals surface area contributed by atoms with Crippen LogP contribution in [0.1, 0.15) is 32.1 Å². The molecule has 3 fully saturated rings. The van der Waals surface area contributed by atoms with Crippen LogP contribution in [0.2, 0.25) is 0 Å². The standard InChI is InChI=1S/C15H24N2O4/c18-13(19)15-5-1-2-12(15)8-17(10-15)14(20)16-6-3-11-4-7-21-9-11/h11-12H,1-10H2,(H,16,20)(H,18,19)/t11?,12-,15+/m0/s1. The van der Waals surface area contributed by atoms with Crippen molar-refractivity contribution < 1.29 is 19.4 Å². The zero-order valence-electron chi connectivity index (χ0n) is 12.3. The largest absolute Gasteiger partial charge is 0.481 e. The molecule has 0 radical (unpaired) electrons. The van der Waals surface area contributed by atoms with Crippen molar-refractivity contribution in [2.75, 3.05) is 32.8 Å². The maximum absolute atomic E-state index is 12.2. The zero-order chi connectivity index (χ0) is 14.9. The highest BCUT2D eigenvalue weighted by Crippen LogP contribution is 2.48. The Kier molecular flexibility index (Phi) is 4.06. The van der Waals surface area contributed by atoms with Crippen molar-refractivity contribution >= 4 is 12.0 Å². The first-order valence-corrected chi connectivity index (χ1v) is 7.96. The van der Waals surface area contributed by atoms with E-state index in [0.29, 0.717) is 32.0 Å². The summed E-state index contributed by atoms with van der Waals surface area (Å²) in [5.41, 5.74) is -0.684. The van der Waals surface area contributed by atoms with E-state index in [1.807, 2.05) is 0 Å². The van der Waals surface area contributed by atoms with E-state index >= 15 is 0 Å². The number of urea groups is 1. The molecule has 1 aliphatic carbocycles. The van der Waals surface area contributed by atoms with Crippen LogP contribution in [0.15, 0.2) is 0 Å². The van der Waals surface area contributed by atoms with Gasteiger partial charge in [0.1, 0.15) is 0 Å². The van der Waals surface area contributed by atoms with Crippen molar-refractivity contribution in [2.45, 2.75) is 32.1 Å². The highest BCUT2D eigenvalue weighted by Gasteiger charge is 2.55. The number of nitrogens with zero attached hydrogens (tertiary/aromatic N) is 1. The summed E-state index contributed by atoms with van der Waals surface area (Å²) in [4.78, 5) is 25.5. The van der Waals surface area contributed by atoms with Gasteiger partial charge in [-0.05, 0) is 37.5 Å². The molecule has 3 atom stereocenters. The Hall–Kier alpha value is -1.30. The van der Waals surface area contributed by atoms with Gasteiger partial charge in [-0.2, -0.15) is 0 Å². The molecule has 3 aliphatic rings.